The van der Waals surface area contributed by atoms with E-state index in [0.29, 0.717) is 5.41 Å². The lowest BCUT2D eigenvalue weighted by Crippen LogP contribution is -2.54. The van der Waals surface area contributed by atoms with Crippen LogP contribution < -0.4 is 5.73 Å². The topological polar surface area (TPSA) is 29.3 Å². The number of nitrogens with two attached hydrogens (primary N) is 1. The second-order valence-corrected chi connectivity index (χ2v) is 6.02. The Bertz CT molecular complexity index is 192. The fourth-order valence-electron chi connectivity index (χ4n) is 3.29. The standard InChI is InChI=1S/C12H24N2/c1-12(2)8-14(9-12)7-11-5-3-4-10(11)6-13/h10-11H,3-9,13H2,1-2H3. The molecule has 2 aliphatic rings. The first-order valence-electron chi connectivity index (χ1n) is 6.03. The van der Waals surface area contributed by atoms with Gasteiger partial charge in [-0.2, -0.15) is 0 Å². The van der Waals surface area contributed by atoms with Gasteiger partial charge in [-0.1, -0.05) is 20.3 Å². The molecule has 0 spiro atoms. The third-order valence-corrected chi connectivity index (χ3v) is 3.92. The molecule has 2 atom stereocenters. The number of rotatable bonds is 3. The van der Waals surface area contributed by atoms with E-state index in [1.165, 1.54) is 38.9 Å². The molecule has 2 fully saturated rings. The lowest BCUT2D eigenvalue weighted by atomic mass is 9.83. The van der Waals surface area contributed by atoms with Crippen LogP contribution in [-0.2, 0) is 0 Å². The van der Waals surface area contributed by atoms with E-state index in [4.69, 9.17) is 5.73 Å². The fraction of sp³-hybridized carbons (Fsp3) is 1.00. The largest absolute Gasteiger partial charge is 0.330 e. The van der Waals surface area contributed by atoms with Crippen LogP contribution in [0.3, 0.4) is 0 Å². The summed E-state index contributed by atoms with van der Waals surface area (Å²) in [6.45, 7) is 9.52. The van der Waals surface area contributed by atoms with Gasteiger partial charge in [0.25, 0.3) is 0 Å². The van der Waals surface area contributed by atoms with E-state index in [-0.39, 0.29) is 0 Å². The van der Waals surface area contributed by atoms with Gasteiger partial charge >= 0.3 is 0 Å². The van der Waals surface area contributed by atoms with E-state index in [1.54, 1.807) is 0 Å². The zero-order chi connectivity index (χ0) is 10.2. The summed E-state index contributed by atoms with van der Waals surface area (Å²) in [5.41, 5.74) is 6.37. The van der Waals surface area contributed by atoms with Crippen LogP contribution in [-0.4, -0.2) is 31.1 Å². The first-order valence-corrected chi connectivity index (χ1v) is 6.03. The van der Waals surface area contributed by atoms with Gasteiger partial charge in [0.15, 0.2) is 0 Å². The van der Waals surface area contributed by atoms with Crippen LogP contribution in [0.15, 0.2) is 0 Å². The molecular weight excluding hydrogens is 172 g/mol. The van der Waals surface area contributed by atoms with Crippen LogP contribution in [0.4, 0.5) is 0 Å². The van der Waals surface area contributed by atoms with E-state index in [2.05, 4.69) is 18.7 Å². The Morgan fingerprint density at radius 1 is 1.21 bits per heavy atom. The van der Waals surface area contributed by atoms with Crippen LogP contribution in [0.5, 0.6) is 0 Å². The molecule has 2 heteroatoms. The van der Waals surface area contributed by atoms with Crippen LogP contribution >= 0.6 is 0 Å². The normalized spacial score (nSPS) is 37.1. The van der Waals surface area contributed by atoms with Gasteiger partial charge in [-0.05, 0) is 36.6 Å². The zero-order valence-corrected chi connectivity index (χ0v) is 9.63. The molecule has 1 aliphatic carbocycles. The molecule has 0 aromatic carbocycles. The van der Waals surface area contributed by atoms with Crippen molar-refractivity contribution in [1.82, 2.24) is 4.90 Å². The summed E-state index contributed by atoms with van der Waals surface area (Å²) in [5.74, 6) is 1.72. The third-order valence-electron chi connectivity index (χ3n) is 3.92. The highest BCUT2D eigenvalue weighted by Crippen LogP contribution is 2.35. The van der Waals surface area contributed by atoms with Crippen molar-refractivity contribution in [3.63, 3.8) is 0 Å². The maximum absolute atomic E-state index is 5.79. The van der Waals surface area contributed by atoms with E-state index in [9.17, 15) is 0 Å². The summed E-state index contributed by atoms with van der Waals surface area (Å²) >= 11 is 0. The minimum atomic E-state index is 0.580. The predicted octanol–water partition coefficient (Wildman–Crippen LogP) is 1.70. The van der Waals surface area contributed by atoms with E-state index >= 15 is 0 Å². The Kier molecular flexibility index (Phi) is 2.85. The van der Waals surface area contributed by atoms with Crippen molar-refractivity contribution in [3.05, 3.63) is 0 Å². The molecule has 2 nitrogen and oxygen atoms in total. The Morgan fingerprint density at radius 2 is 1.86 bits per heavy atom. The molecule has 14 heavy (non-hydrogen) atoms. The summed E-state index contributed by atoms with van der Waals surface area (Å²) < 4.78 is 0. The second-order valence-electron chi connectivity index (χ2n) is 6.02. The summed E-state index contributed by atoms with van der Waals surface area (Å²) in [4.78, 5) is 2.61. The molecular formula is C12H24N2. The van der Waals surface area contributed by atoms with E-state index < -0.39 is 0 Å². The van der Waals surface area contributed by atoms with Crippen LogP contribution in [0, 0.1) is 17.3 Å². The lowest BCUT2D eigenvalue weighted by Gasteiger charge is -2.47. The zero-order valence-electron chi connectivity index (χ0n) is 9.63. The third kappa shape index (κ3) is 2.12. The second kappa shape index (κ2) is 3.82. The van der Waals surface area contributed by atoms with Gasteiger partial charge in [-0.15, -0.1) is 0 Å². The number of nitrogens with zero attached hydrogens (tertiary/aromatic N) is 1. The summed E-state index contributed by atoms with van der Waals surface area (Å²) in [5, 5.41) is 0. The molecule has 1 saturated carbocycles. The highest BCUT2D eigenvalue weighted by molar-refractivity contribution is 4.90. The number of likely N-dealkylation sites (tertiary alicyclic amines) is 1. The van der Waals surface area contributed by atoms with Gasteiger partial charge in [0.2, 0.25) is 0 Å². The first-order chi connectivity index (χ1) is 6.61. The minimum absolute atomic E-state index is 0.580. The maximum Gasteiger partial charge on any atom is 0.00453 e. The van der Waals surface area contributed by atoms with Crippen molar-refractivity contribution in [1.29, 1.82) is 0 Å². The maximum atomic E-state index is 5.79. The van der Waals surface area contributed by atoms with Crippen molar-refractivity contribution < 1.29 is 0 Å². The average molecular weight is 196 g/mol. The summed E-state index contributed by atoms with van der Waals surface area (Å²) in [6, 6.07) is 0. The summed E-state index contributed by atoms with van der Waals surface area (Å²) in [6.07, 6.45) is 4.20. The molecule has 0 aromatic rings. The smallest absolute Gasteiger partial charge is 0.00453 e. The predicted molar refractivity (Wildman–Crippen MR) is 60.1 cm³/mol. The molecule has 1 heterocycles. The Hall–Kier alpha value is -0.0800. The van der Waals surface area contributed by atoms with Gasteiger partial charge < -0.3 is 10.6 Å². The van der Waals surface area contributed by atoms with Gasteiger partial charge in [0.1, 0.15) is 0 Å². The van der Waals surface area contributed by atoms with Gasteiger partial charge in [-0.3, -0.25) is 0 Å². The Balaban J connectivity index is 1.76. The van der Waals surface area contributed by atoms with Crippen molar-refractivity contribution in [2.24, 2.45) is 23.0 Å². The van der Waals surface area contributed by atoms with Gasteiger partial charge in [-0.25, -0.2) is 0 Å². The molecule has 82 valence electrons. The van der Waals surface area contributed by atoms with E-state index in [1.807, 2.05) is 0 Å². The SMILES string of the molecule is CC1(C)CN(CC2CCCC2CN)C1. The fourth-order valence-corrected chi connectivity index (χ4v) is 3.29. The molecule has 1 saturated heterocycles. The lowest BCUT2D eigenvalue weighted by molar-refractivity contribution is 0.0139. The molecule has 0 aromatic heterocycles. The summed E-state index contributed by atoms with van der Waals surface area (Å²) in [7, 11) is 0. The Morgan fingerprint density at radius 3 is 2.43 bits per heavy atom. The average Bonchev–Trinajstić information content (AvgIpc) is 2.48. The van der Waals surface area contributed by atoms with Crippen molar-refractivity contribution in [3.8, 4) is 0 Å². The van der Waals surface area contributed by atoms with Crippen LogP contribution in [0.2, 0.25) is 0 Å². The number of hydrogen-bond donors (Lipinski definition) is 1. The molecule has 2 N–H and O–H groups in total. The quantitative estimate of drug-likeness (QED) is 0.744. The molecule has 2 unspecified atom stereocenters. The Labute approximate surface area is 87.8 Å². The van der Waals surface area contributed by atoms with Gasteiger partial charge in [0.05, 0.1) is 0 Å². The monoisotopic (exact) mass is 196 g/mol. The van der Waals surface area contributed by atoms with E-state index in [0.717, 1.165) is 18.4 Å². The number of hydrogen-bond acceptors (Lipinski definition) is 2. The van der Waals surface area contributed by atoms with Crippen molar-refractivity contribution >= 4 is 0 Å². The molecule has 2 rings (SSSR count). The molecule has 0 amide bonds. The molecule has 1 aliphatic heterocycles. The van der Waals surface area contributed by atoms with Crippen molar-refractivity contribution in [2.75, 3.05) is 26.2 Å². The van der Waals surface area contributed by atoms with Crippen LogP contribution in [0.1, 0.15) is 33.1 Å². The van der Waals surface area contributed by atoms with Crippen LogP contribution in [0.25, 0.3) is 0 Å². The molecule has 0 radical (unpaired) electrons. The van der Waals surface area contributed by atoms with Gasteiger partial charge in [0, 0.05) is 19.6 Å². The minimum Gasteiger partial charge on any atom is -0.330 e. The molecule has 0 bridgehead atoms. The highest BCUT2D eigenvalue weighted by atomic mass is 15.2. The van der Waals surface area contributed by atoms with Crippen molar-refractivity contribution in [2.45, 2.75) is 33.1 Å². The highest BCUT2D eigenvalue weighted by Gasteiger charge is 2.37. The first kappa shape index (κ1) is 10.4.